The van der Waals surface area contributed by atoms with Gasteiger partial charge in [0.05, 0.1) is 31.2 Å². The number of nitrogens with zero attached hydrogens (tertiary/aromatic N) is 2. The van der Waals surface area contributed by atoms with E-state index in [2.05, 4.69) is 5.10 Å². The second-order valence-electron chi connectivity index (χ2n) is 3.70. The molecule has 0 spiro atoms. The zero-order chi connectivity index (χ0) is 13.5. The van der Waals surface area contributed by atoms with Gasteiger partial charge in [-0.15, -0.1) is 0 Å². The molecule has 0 aliphatic heterocycles. The number of aromatic nitrogens is 2. The van der Waals surface area contributed by atoms with Gasteiger partial charge < -0.3 is 14.9 Å². The number of hydrogen-bond acceptors (Lipinski definition) is 6. The van der Waals surface area contributed by atoms with Gasteiger partial charge in [-0.25, -0.2) is 4.79 Å². The van der Waals surface area contributed by atoms with Gasteiger partial charge in [0.25, 0.3) is 0 Å². The minimum absolute atomic E-state index is 0.261. The fourth-order valence-corrected chi connectivity index (χ4v) is 2.39. The number of aryl methyl sites for hydroxylation is 1. The number of aliphatic hydroxyl groups is 2. The van der Waals surface area contributed by atoms with Crippen LogP contribution in [0.4, 0.5) is 0 Å². The van der Waals surface area contributed by atoms with Crippen LogP contribution in [0.3, 0.4) is 0 Å². The Morgan fingerprint density at radius 2 is 2.39 bits per heavy atom. The van der Waals surface area contributed by atoms with E-state index in [1.54, 1.807) is 18.7 Å². The number of carbonyl (C=O) groups is 1. The number of aliphatic hydroxyl groups excluding tert-OH is 2. The molecule has 1 unspecified atom stereocenters. The summed E-state index contributed by atoms with van der Waals surface area (Å²) in [5.41, 5.74) is 1.20. The van der Waals surface area contributed by atoms with Crippen LogP contribution < -0.4 is 0 Å². The van der Waals surface area contributed by atoms with E-state index in [0.29, 0.717) is 23.7 Å². The minimum atomic E-state index is -0.741. The molecule has 0 fully saturated rings. The summed E-state index contributed by atoms with van der Waals surface area (Å²) in [4.78, 5) is 11.7. The van der Waals surface area contributed by atoms with Crippen LogP contribution in [0.15, 0.2) is 6.20 Å². The molecule has 0 bridgehead atoms. The van der Waals surface area contributed by atoms with E-state index in [1.807, 2.05) is 0 Å². The highest BCUT2D eigenvalue weighted by Crippen LogP contribution is 2.17. The van der Waals surface area contributed by atoms with E-state index in [-0.39, 0.29) is 12.6 Å². The van der Waals surface area contributed by atoms with Crippen molar-refractivity contribution in [2.24, 2.45) is 7.05 Å². The molecule has 1 heterocycles. The van der Waals surface area contributed by atoms with Gasteiger partial charge in [-0.3, -0.25) is 4.68 Å². The molecule has 1 atom stereocenters. The average Bonchev–Trinajstić information content (AvgIpc) is 2.71. The van der Waals surface area contributed by atoms with Crippen LogP contribution in [0.5, 0.6) is 0 Å². The minimum Gasteiger partial charge on any atom is -0.462 e. The number of hydrogen-bond donors (Lipinski definition) is 2. The van der Waals surface area contributed by atoms with Crippen molar-refractivity contribution in [3.63, 3.8) is 0 Å². The summed E-state index contributed by atoms with van der Waals surface area (Å²) in [7, 11) is 1.75. The summed E-state index contributed by atoms with van der Waals surface area (Å²) < 4.78 is 6.56. The van der Waals surface area contributed by atoms with Crippen molar-refractivity contribution >= 4 is 17.7 Å². The quantitative estimate of drug-likeness (QED) is 0.690. The monoisotopic (exact) mass is 274 g/mol. The second kappa shape index (κ2) is 7.40. The smallest absolute Gasteiger partial charge is 0.341 e. The molecule has 1 aromatic heterocycles. The highest BCUT2D eigenvalue weighted by atomic mass is 32.2. The highest BCUT2D eigenvalue weighted by Gasteiger charge is 2.17. The van der Waals surface area contributed by atoms with E-state index < -0.39 is 6.10 Å². The molecule has 2 N–H and O–H groups in total. The Morgan fingerprint density at radius 3 is 3.00 bits per heavy atom. The molecule has 1 aromatic rings. The lowest BCUT2D eigenvalue weighted by Gasteiger charge is -2.08. The van der Waals surface area contributed by atoms with Crippen LogP contribution in [-0.2, 0) is 17.5 Å². The first-order chi connectivity index (χ1) is 8.60. The second-order valence-corrected chi connectivity index (χ2v) is 4.73. The number of ether oxygens (including phenoxy) is 1. The van der Waals surface area contributed by atoms with Gasteiger partial charge in [-0.1, -0.05) is 0 Å². The third-order valence-electron chi connectivity index (χ3n) is 2.32. The lowest BCUT2D eigenvalue weighted by atomic mass is 10.3. The maximum atomic E-state index is 11.7. The Labute approximate surface area is 110 Å². The number of carbonyl (C=O) groups excluding carboxylic acids is 1. The zero-order valence-corrected chi connectivity index (χ0v) is 11.3. The van der Waals surface area contributed by atoms with Crippen LogP contribution in [0, 0.1) is 0 Å². The van der Waals surface area contributed by atoms with Gasteiger partial charge in [0, 0.05) is 18.6 Å². The molecule has 6 nitrogen and oxygen atoms in total. The maximum absolute atomic E-state index is 11.7. The Hall–Kier alpha value is -1.05. The van der Waals surface area contributed by atoms with Crippen LogP contribution in [0.25, 0.3) is 0 Å². The van der Waals surface area contributed by atoms with Crippen molar-refractivity contribution in [2.45, 2.75) is 18.8 Å². The van der Waals surface area contributed by atoms with Crippen LogP contribution in [0.2, 0.25) is 0 Å². The standard InChI is InChI=1S/C11H18N2O4S/c1-3-17-11(16)9-4-12-13(2)10(9)7-18-6-8(15)5-14/h4,8,14-15H,3,5-7H2,1-2H3. The van der Waals surface area contributed by atoms with E-state index >= 15 is 0 Å². The highest BCUT2D eigenvalue weighted by molar-refractivity contribution is 7.98. The van der Waals surface area contributed by atoms with Crippen LogP contribution in [0.1, 0.15) is 23.0 Å². The zero-order valence-electron chi connectivity index (χ0n) is 10.5. The van der Waals surface area contributed by atoms with Crippen LogP contribution >= 0.6 is 11.8 Å². The normalized spacial score (nSPS) is 12.4. The third kappa shape index (κ3) is 4.01. The molecule has 0 aliphatic rings. The summed E-state index contributed by atoms with van der Waals surface area (Å²) in [6, 6.07) is 0. The SMILES string of the molecule is CCOC(=O)c1cnn(C)c1CSCC(O)CO. The molecule has 7 heteroatoms. The Bertz CT molecular complexity index is 394. The summed E-state index contributed by atoms with van der Waals surface area (Å²) in [5.74, 6) is 0.551. The number of rotatable bonds is 7. The largest absolute Gasteiger partial charge is 0.462 e. The first-order valence-corrected chi connectivity index (χ1v) is 6.80. The van der Waals surface area contributed by atoms with Crippen molar-refractivity contribution in [1.29, 1.82) is 0 Å². The number of thioether (sulfide) groups is 1. The van der Waals surface area contributed by atoms with Crippen molar-refractivity contribution < 1.29 is 19.7 Å². The topological polar surface area (TPSA) is 84.6 Å². The van der Waals surface area contributed by atoms with Gasteiger partial charge >= 0.3 is 5.97 Å². The lowest BCUT2D eigenvalue weighted by molar-refractivity contribution is 0.0525. The molecular weight excluding hydrogens is 256 g/mol. The Morgan fingerprint density at radius 1 is 1.67 bits per heavy atom. The summed E-state index contributed by atoms with van der Waals surface area (Å²) in [6.07, 6.45) is 0.741. The predicted molar refractivity (Wildman–Crippen MR) is 68.4 cm³/mol. The Kier molecular flexibility index (Phi) is 6.17. The molecule has 0 amide bonds. The first kappa shape index (κ1) is 15.0. The van der Waals surface area contributed by atoms with Crippen molar-refractivity contribution in [3.05, 3.63) is 17.5 Å². The summed E-state index contributed by atoms with van der Waals surface area (Å²) in [6.45, 7) is 1.81. The molecule has 102 valence electrons. The molecule has 1 rings (SSSR count). The van der Waals surface area contributed by atoms with E-state index in [1.165, 1.54) is 18.0 Å². The molecule has 18 heavy (non-hydrogen) atoms. The Balaban J connectivity index is 2.64. The fraction of sp³-hybridized carbons (Fsp3) is 0.636. The van der Waals surface area contributed by atoms with E-state index in [9.17, 15) is 9.90 Å². The number of esters is 1. The van der Waals surface area contributed by atoms with Gasteiger partial charge in [-0.05, 0) is 6.92 Å². The molecule has 0 radical (unpaired) electrons. The molecule has 0 aliphatic carbocycles. The average molecular weight is 274 g/mol. The molecule has 0 saturated heterocycles. The third-order valence-corrected chi connectivity index (χ3v) is 3.41. The van der Waals surface area contributed by atoms with Crippen molar-refractivity contribution in [2.75, 3.05) is 19.0 Å². The molecule has 0 saturated carbocycles. The van der Waals surface area contributed by atoms with Crippen molar-refractivity contribution in [1.82, 2.24) is 9.78 Å². The summed E-state index contributed by atoms with van der Waals surface area (Å²) >= 11 is 1.43. The van der Waals surface area contributed by atoms with E-state index in [4.69, 9.17) is 9.84 Å². The lowest BCUT2D eigenvalue weighted by Crippen LogP contribution is -2.15. The summed E-state index contributed by atoms with van der Waals surface area (Å²) in [5, 5.41) is 22.0. The van der Waals surface area contributed by atoms with Gasteiger partial charge in [0.1, 0.15) is 5.56 Å². The molecule has 0 aromatic carbocycles. The first-order valence-electron chi connectivity index (χ1n) is 5.64. The molecular formula is C11H18N2O4S. The maximum Gasteiger partial charge on any atom is 0.341 e. The fourth-order valence-electron chi connectivity index (χ4n) is 1.36. The predicted octanol–water partition coefficient (Wildman–Crippen LogP) is 0.183. The van der Waals surface area contributed by atoms with Crippen LogP contribution in [-0.4, -0.2) is 51.0 Å². The van der Waals surface area contributed by atoms with Gasteiger partial charge in [0.15, 0.2) is 0 Å². The van der Waals surface area contributed by atoms with E-state index in [0.717, 1.165) is 5.69 Å². The van der Waals surface area contributed by atoms with Crippen molar-refractivity contribution in [3.8, 4) is 0 Å². The van der Waals surface area contributed by atoms with Gasteiger partial charge in [-0.2, -0.15) is 16.9 Å². The van der Waals surface area contributed by atoms with Gasteiger partial charge in [0.2, 0.25) is 0 Å².